The predicted octanol–water partition coefficient (Wildman–Crippen LogP) is 0.356. The van der Waals surface area contributed by atoms with Gasteiger partial charge in [0.1, 0.15) is 0 Å². The zero-order chi connectivity index (χ0) is 7.72. The molecule has 0 fully saturated rings. The summed E-state index contributed by atoms with van der Waals surface area (Å²) >= 11 is 0. The van der Waals surface area contributed by atoms with Gasteiger partial charge in [0.05, 0.1) is 0 Å². The van der Waals surface area contributed by atoms with Crippen molar-refractivity contribution in [3.05, 3.63) is 12.4 Å². The fraction of sp³-hybridized carbons (Fsp3) is 0.714. The van der Waals surface area contributed by atoms with Crippen LogP contribution >= 0.6 is 0 Å². The maximum absolute atomic E-state index is 5.81. The van der Waals surface area contributed by atoms with Crippen molar-refractivity contribution < 1.29 is 0 Å². The van der Waals surface area contributed by atoms with Gasteiger partial charge in [0.25, 0.3) is 0 Å². The third-order valence-corrected chi connectivity index (χ3v) is 1.79. The predicted molar refractivity (Wildman–Crippen MR) is 41.9 cm³/mol. The van der Waals surface area contributed by atoms with Crippen LogP contribution < -0.4 is 5.73 Å². The SMILES string of the molecule is CC(C)N1C=CN(C)C1N. The molecule has 1 heterocycles. The van der Waals surface area contributed by atoms with Crippen LogP contribution in [0.1, 0.15) is 13.8 Å². The van der Waals surface area contributed by atoms with E-state index in [4.69, 9.17) is 5.73 Å². The van der Waals surface area contributed by atoms with Gasteiger partial charge in [-0.25, -0.2) is 0 Å². The quantitative estimate of drug-likeness (QED) is 0.572. The normalized spacial score (nSPS) is 25.1. The van der Waals surface area contributed by atoms with Gasteiger partial charge in [-0.2, -0.15) is 0 Å². The van der Waals surface area contributed by atoms with Crippen LogP contribution in [0.3, 0.4) is 0 Å². The topological polar surface area (TPSA) is 32.5 Å². The summed E-state index contributed by atoms with van der Waals surface area (Å²) in [6, 6.07) is 0.483. The molecule has 1 atom stereocenters. The molecular formula is C7H15N3. The average molecular weight is 141 g/mol. The van der Waals surface area contributed by atoms with E-state index in [0.29, 0.717) is 6.04 Å². The van der Waals surface area contributed by atoms with E-state index in [9.17, 15) is 0 Å². The molecular weight excluding hydrogens is 126 g/mol. The molecule has 0 aromatic heterocycles. The first kappa shape index (κ1) is 7.41. The Balaban J connectivity index is 2.58. The molecule has 3 nitrogen and oxygen atoms in total. The van der Waals surface area contributed by atoms with Crippen molar-refractivity contribution in [2.75, 3.05) is 7.05 Å². The molecule has 2 N–H and O–H groups in total. The summed E-state index contributed by atoms with van der Waals surface area (Å²) in [7, 11) is 1.98. The van der Waals surface area contributed by atoms with E-state index < -0.39 is 0 Å². The third kappa shape index (κ3) is 1.09. The molecule has 0 radical (unpaired) electrons. The number of nitrogens with zero attached hydrogens (tertiary/aromatic N) is 2. The first-order valence-electron chi connectivity index (χ1n) is 3.56. The first-order chi connectivity index (χ1) is 4.63. The molecule has 0 aromatic rings. The van der Waals surface area contributed by atoms with Crippen LogP contribution in [0.4, 0.5) is 0 Å². The van der Waals surface area contributed by atoms with Crippen LogP contribution in [0, 0.1) is 0 Å². The highest BCUT2D eigenvalue weighted by molar-refractivity contribution is 4.94. The number of nitrogens with two attached hydrogens (primary N) is 1. The molecule has 1 aliphatic rings. The van der Waals surface area contributed by atoms with Crippen LogP contribution in [0.25, 0.3) is 0 Å². The number of hydrogen-bond acceptors (Lipinski definition) is 3. The Kier molecular flexibility index (Phi) is 1.85. The van der Waals surface area contributed by atoms with E-state index in [1.807, 2.05) is 24.3 Å². The molecule has 10 heavy (non-hydrogen) atoms. The molecule has 1 unspecified atom stereocenters. The lowest BCUT2D eigenvalue weighted by atomic mass is 10.3. The molecule has 3 heteroatoms. The Morgan fingerprint density at radius 2 is 2.00 bits per heavy atom. The van der Waals surface area contributed by atoms with E-state index >= 15 is 0 Å². The summed E-state index contributed by atoms with van der Waals surface area (Å²) in [5.41, 5.74) is 5.81. The summed E-state index contributed by atoms with van der Waals surface area (Å²) in [6.45, 7) is 4.26. The molecule has 0 amide bonds. The maximum Gasteiger partial charge on any atom is 0.154 e. The molecule has 0 spiro atoms. The second-order valence-corrected chi connectivity index (χ2v) is 2.92. The monoisotopic (exact) mass is 141 g/mol. The molecule has 1 rings (SSSR count). The zero-order valence-corrected chi connectivity index (χ0v) is 6.78. The Bertz CT molecular complexity index is 142. The van der Waals surface area contributed by atoms with Gasteiger partial charge in [0, 0.05) is 25.5 Å². The van der Waals surface area contributed by atoms with Gasteiger partial charge < -0.3 is 9.80 Å². The molecule has 1 aliphatic heterocycles. The van der Waals surface area contributed by atoms with Gasteiger partial charge in [0.2, 0.25) is 0 Å². The van der Waals surface area contributed by atoms with Crippen molar-refractivity contribution >= 4 is 0 Å². The van der Waals surface area contributed by atoms with E-state index in [2.05, 4.69) is 18.7 Å². The summed E-state index contributed by atoms with van der Waals surface area (Å²) in [4.78, 5) is 4.10. The first-order valence-corrected chi connectivity index (χ1v) is 3.56. The van der Waals surface area contributed by atoms with Gasteiger partial charge in [-0.15, -0.1) is 0 Å². The van der Waals surface area contributed by atoms with Gasteiger partial charge in [-0.1, -0.05) is 0 Å². The van der Waals surface area contributed by atoms with Gasteiger partial charge in [-0.05, 0) is 13.8 Å². The van der Waals surface area contributed by atoms with E-state index in [-0.39, 0.29) is 6.29 Å². The summed E-state index contributed by atoms with van der Waals surface area (Å²) in [6.07, 6.45) is 4.04. The lowest BCUT2D eigenvalue weighted by Gasteiger charge is -2.29. The minimum absolute atomic E-state index is 0.0278. The lowest BCUT2D eigenvalue weighted by molar-refractivity contribution is 0.152. The van der Waals surface area contributed by atoms with E-state index in [1.54, 1.807) is 0 Å². The highest BCUT2D eigenvalue weighted by Gasteiger charge is 2.20. The van der Waals surface area contributed by atoms with Crippen LogP contribution in [0.15, 0.2) is 12.4 Å². The van der Waals surface area contributed by atoms with Gasteiger partial charge in [0.15, 0.2) is 6.29 Å². The highest BCUT2D eigenvalue weighted by Crippen LogP contribution is 2.11. The number of rotatable bonds is 1. The fourth-order valence-corrected chi connectivity index (χ4v) is 1.05. The smallest absolute Gasteiger partial charge is 0.154 e. The second-order valence-electron chi connectivity index (χ2n) is 2.92. The Morgan fingerprint density at radius 3 is 2.20 bits per heavy atom. The molecule has 0 saturated heterocycles. The highest BCUT2D eigenvalue weighted by atomic mass is 15.4. The van der Waals surface area contributed by atoms with Crippen molar-refractivity contribution in [1.82, 2.24) is 9.80 Å². The fourth-order valence-electron chi connectivity index (χ4n) is 1.05. The average Bonchev–Trinajstić information content (AvgIpc) is 2.14. The minimum atomic E-state index is 0.0278. The molecule has 0 bridgehead atoms. The molecule has 0 aliphatic carbocycles. The Morgan fingerprint density at radius 1 is 1.40 bits per heavy atom. The van der Waals surface area contributed by atoms with Crippen molar-refractivity contribution in [3.63, 3.8) is 0 Å². The molecule has 0 saturated carbocycles. The molecule has 58 valence electrons. The maximum atomic E-state index is 5.81. The Labute approximate surface area is 62.1 Å². The van der Waals surface area contributed by atoms with Crippen LogP contribution in [0.5, 0.6) is 0 Å². The number of hydrogen-bond donors (Lipinski definition) is 1. The van der Waals surface area contributed by atoms with Crippen molar-refractivity contribution in [2.24, 2.45) is 5.73 Å². The zero-order valence-electron chi connectivity index (χ0n) is 6.78. The second kappa shape index (κ2) is 2.50. The van der Waals surface area contributed by atoms with E-state index in [0.717, 1.165) is 0 Å². The van der Waals surface area contributed by atoms with E-state index in [1.165, 1.54) is 0 Å². The lowest BCUT2D eigenvalue weighted by Crippen LogP contribution is -2.46. The largest absolute Gasteiger partial charge is 0.347 e. The van der Waals surface area contributed by atoms with Crippen LogP contribution in [-0.4, -0.2) is 29.2 Å². The summed E-state index contributed by atoms with van der Waals surface area (Å²) < 4.78 is 0. The standard InChI is InChI=1S/C7H15N3/c1-6(2)10-5-4-9(3)7(10)8/h4-7H,8H2,1-3H3. The van der Waals surface area contributed by atoms with Crippen LogP contribution in [0.2, 0.25) is 0 Å². The summed E-state index contributed by atoms with van der Waals surface area (Å²) in [5.74, 6) is 0. The Hall–Kier alpha value is -0.700. The van der Waals surface area contributed by atoms with Gasteiger partial charge >= 0.3 is 0 Å². The van der Waals surface area contributed by atoms with Crippen LogP contribution in [-0.2, 0) is 0 Å². The van der Waals surface area contributed by atoms with Gasteiger partial charge in [-0.3, -0.25) is 5.73 Å². The van der Waals surface area contributed by atoms with Crippen molar-refractivity contribution in [1.29, 1.82) is 0 Å². The summed E-state index contributed by atoms with van der Waals surface area (Å²) in [5, 5.41) is 0. The van der Waals surface area contributed by atoms with Crippen molar-refractivity contribution in [3.8, 4) is 0 Å². The molecule has 0 aromatic carbocycles. The minimum Gasteiger partial charge on any atom is -0.347 e. The third-order valence-electron chi connectivity index (χ3n) is 1.79. The van der Waals surface area contributed by atoms with Crippen molar-refractivity contribution in [2.45, 2.75) is 26.2 Å².